The van der Waals surface area contributed by atoms with E-state index in [1.807, 2.05) is 12.1 Å². The van der Waals surface area contributed by atoms with Crippen molar-refractivity contribution in [2.24, 2.45) is 0 Å². The van der Waals surface area contributed by atoms with Gasteiger partial charge in [0.2, 0.25) is 0 Å². The van der Waals surface area contributed by atoms with Gasteiger partial charge >= 0.3 is 5.97 Å². The Kier molecular flexibility index (Phi) is 6.18. The van der Waals surface area contributed by atoms with Crippen LogP contribution in [-0.2, 0) is 14.3 Å². The van der Waals surface area contributed by atoms with Crippen molar-refractivity contribution in [3.05, 3.63) is 64.4 Å². The summed E-state index contributed by atoms with van der Waals surface area (Å²) in [6.07, 6.45) is 2.45. The van der Waals surface area contributed by atoms with Gasteiger partial charge in [-0.2, -0.15) is 0 Å². The lowest BCUT2D eigenvalue weighted by Crippen LogP contribution is -2.36. The highest BCUT2D eigenvalue weighted by atomic mass is 16.5. The van der Waals surface area contributed by atoms with Crippen LogP contribution in [0, 0.1) is 0 Å². The van der Waals surface area contributed by atoms with Crippen molar-refractivity contribution in [1.29, 1.82) is 0 Å². The predicted molar refractivity (Wildman–Crippen MR) is 119 cm³/mol. The number of ether oxygens (including phenoxy) is 4. The molecule has 1 aliphatic carbocycles. The molecule has 4 rings (SSSR count). The highest BCUT2D eigenvalue weighted by molar-refractivity contribution is 6.04. The van der Waals surface area contributed by atoms with E-state index in [2.05, 4.69) is 5.32 Å². The lowest BCUT2D eigenvalue weighted by atomic mass is 9.72. The molecule has 0 unspecified atom stereocenters. The van der Waals surface area contributed by atoms with Crippen LogP contribution in [0.15, 0.2) is 57.5 Å². The Morgan fingerprint density at radius 2 is 1.73 bits per heavy atom. The van der Waals surface area contributed by atoms with E-state index in [0.717, 1.165) is 11.5 Å². The van der Waals surface area contributed by atoms with Crippen LogP contribution < -0.4 is 19.5 Å². The highest BCUT2D eigenvalue weighted by Crippen LogP contribution is 2.49. The average Bonchev–Trinajstić information content (AvgIpc) is 3.36. The molecule has 0 bridgehead atoms. The summed E-state index contributed by atoms with van der Waals surface area (Å²) in [4.78, 5) is 26.5. The number of benzene rings is 1. The summed E-state index contributed by atoms with van der Waals surface area (Å²) in [7, 11) is 5.92. The molecule has 0 amide bonds. The molecular weight excluding hydrogens is 426 g/mol. The number of nitrogens with one attached hydrogen (secondary N) is 1. The molecule has 2 aliphatic rings. The second-order valence-corrected chi connectivity index (χ2v) is 7.97. The van der Waals surface area contributed by atoms with Crippen LogP contribution in [0.2, 0.25) is 0 Å². The van der Waals surface area contributed by atoms with Crippen LogP contribution >= 0.6 is 0 Å². The van der Waals surface area contributed by atoms with E-state index in [-0.39, 0.29) is 18.1 Å². The molecule has 1 aromatic heterocycles. The summed E-state index contributed by atoms with van der Waals surface area (Å²) in [5, 5.41) is 3.29. The van der Waals surface area contributed by atoms with Gasteiger partial charge in [-0.15, -0.1) is 0 Å². The maximum atomic E-state index is 13.5. The number of methoxy groups -OCH3 is 4. The zero-order valence-corrected chi connectivity index (χ0v) is 19.3. The molecule has 8 nitrogen and oxygen atoms in total. The zero-order chi connectivity index (χ0) is 23.7. The molecule has 0 spiro atoms. The minimum Gasteiger partial charge on any atom is -0.496 e. The van der Waals surface area contributed by atoms with Crippen LogP contribution in [0.25, 0.3) is 0 Å². The number of allylic oxidation sites excluding steroid dienone is 3. The lowest BCUT2D eigenvalue weighted by Gasteiger charge is -2.36. The standard InChI is InChI=1S/C25H27NO7/c1-13-22(25(28)32-5)23(15-11-20(30-3)21(31-4)12-19(15)29-2)24-16(26-13)9-14(10-17(24)27)18-7-6-8-33-18/h6-8,11-12,14,23,26H,9-10H2,1-5H3/t14-,23+/m1/s1. The first kappa shape index (κ1) is 22.5. The third-order valence-corrected chi connectivity index (χ3v) is 6.23. The number of ketones is 1. The second-order valence-electron chi connectivity index (χ2n) is 7.97. The fourth-order valence-electron chi connectivity index (χ4n) is 4.73. The maximum absolute atomic E-state index is 13.5. The van der Waals surface area contributed by atoms with Gasteiger partial charge in [-0.3, -0.25) is 4.79 Å². The number of rotatable bonds is 6. The van der Waals surface area contributed by atoms with Crippen molar-refractivity contribution in [2.45, 2.75) is 31.6 Å². The van der Waals surface area contributed by atoms with Gasteiger partial charge < -0.3 is 28.7 Å². The Morgan fingerprint density at radius 3 is 2.33 bits per heavy atom. The lowest BCUT2D eigenvalue weighted by molar-refractivity contribution is -0.136. The number of carbonyl (C=O) groups is 2. The number of hydrogen-bond acceptors (Lipinski definition) is 8. The third kappa shape index (κ3) is 3.86. The molecule has 0 saturated heterocycles. The number of carbonyl (C=O) groups excluding carboxylic acids is 2. The summed E-state index contributed by atoms with van der Waals surface area (Å²) in [5.74, 6) is 0.823. The summed E-state index contributed by atoms with van der Waals surface area (Å²) >= 11 is 0. The van der Waals surface area contributed by atoms with E-state index in [1.165, 1.54) is 28.4 Å². The minimum absolute atomic E-state index is 0.0686. The molecule has 174 valence electrons. The fourth-order valence-corrected chi connectivity index (χ4v) is 4.73. The maximum Gasteiger partial charge on any atom is 0.336 e. The van der Waals surface area contributed by atoms with Crippen LogP contribution in [-0.4, -0.2) is 40.2 Å². The van der Waals surface area contributed by atoms with E-state index in [1.54, 1.807) is 25.3 Å². The predicted octanol–water partition coefficient (Wildman–Crippen LogP) is 3.84. The van der Waals surface area contributed by atoms with Crippen LogP contribution in [0.5, 0.6) is 17.2 Å². The van der Waals surface area contributed by atoms with Crippen molar-refractivity contribution in [1.82, 2.24) is 5.32 Å². The van der Waals surface area contributed by atoms with Gasteiger partial charge in [-0.25, -0.2) is 4.79 Å². The summed E-state index contributed by atoms with van der Waals surface area (Å²) in [5.41, 5.74) is 2.88. The number of hydrogen-bond donors (Lipinski definition) is 1. The van der Waals surface area contributed by atoms with Gasteiger partial charge in [-0.1, -0.05) is 0 Å². The Bertz CT molecular complexity index is 1140. The van der Waals surface area contributed by atoms with E-state index < -0.39 is 11.9 Å². The molecule has 1 aliphatic heterocycles. The highest BCUT2D eigenvalue weighted by Gasteiger charge is 2.43. The van der Waals surface area contributed by atoms with Gasteiger partial charge in [0.25, 0.3) is 0 Å². The molecule has 0 saturated carbocycles. The number of dihydropyridines is 1. The first-order valence-corrected chi connectivity index (χ1v) is 10.6. The largest absolute Gasteiger partial charge is 0.496 e. The summed E-state index contributed by atoms with van der Waals surface area (Å²) < 4.78 is 27.2. The SMILES string of the molecule is COC(=O)C1=C(C)NC2=C(C(=O)C[C@H](c3ccco3)C2)[C@H]1c1cc(OC)c(OC)cc1OC. The quantitative estimate of drug-likeness (QED) is 0.659. The molecule has 0 radical (unpaired) electrons. The normalized spacial score (nSPS) is 20.2. The molecule has 1 N–H and O–H groups in total. The first-order valence-electron chi connectivity index (χ1n) is 10.6. The van der Waals surface area contributed by atoms with Gasteiger partial charge in [0, 0.05) is 40.9 Å². The Hall–Kier alpha value is -3.68. The monoisotopic (exact) mass is 453 g/mol. The smallest absolute Gasteiger partial charge is 0.336 e. The molecule has 33 heavy (non-hydrogen) atoms. The first-order chi connectivity index (χ1) is 15.9. The molecular formula is C25H27NO7. The Balaban J connectivity index is 1.91. The minimum atomic E-state index is -0.687. The van der Waals surface area contributed by atoms with Gasteiger partial charge in [-0.05, 0) is 31.5 Å². The zero-order valence-electron chi connectivity index (χ0n) is 19.3. The van der Waals surface area contributed by atoms with E-state index in [9.17, 15) is 9.59 Å². The summed E-state index contributed by atoms with van der Waals surface area (Å²) in [6.45, 7) is 1.80. The number of esters is 1. The van der Waals surface area contributed by atoms with E-state index >= 15 is 0 Å². The van der Waals surface area contributed by atoms with E-state index in [0.29, 0.717) is 46.1 Å². The van der Waals surface area contributed by atoms with Crippen molar-refractivity contribution in [3.63, 3.8) is 0 Å². The van der Waals surface area contributed by atoms with Crippen LogP contribution in [0.1, 0.15) is 42.9 Å². The number of furan rings is 1. The number of Topliss-reactive ketones (excluding diaryl/α,β-unsaturated/α-hetero) is 1. The van der Waals surface area contributed by atoms with Crippen LogP contribution in [0.3, 0.4) is 0 Å². The molecule has 1 aromatic carbocycles. The Morgan fingerprint density at radius 1 is 1.03 bits per heavy atom. The van der Waals surface area contributed by atoms with Gasteiger partial charge in [0.15, 0.2) is 17.3 Å². The van der Waals surface area contributed by atoms with Crippen LogP contribution in [0.4, 0.5) is 0 Å². The van der Waals surface area contributed by atoms with Crippen molar-refractivity contribution in [2.75, 3.05) is 28.4 Å². The topological polar surface area (TPSA) is 96.2 Å². The molecule has 2 aromatic rings. The fraction of sp³-hybridized carbons (Fsp3) is 0.360. The second kappa shape index (κ2) is 9.05. The van der Waals surface area contributed by atoms with Crippen molar-refractivity contribution < 1.29 is 33.0 Å². The third-order valence-electron chi connectivity index (χ3n) is 6.23. The van der Waals surface area contributed by atoms with Gasteiger partial charge in [0.1, 0.15) is 11.5 Å². The molecule has 0 fully saturated rings. The Labute approximate surface area is 192 Å². The molecule has 2 atom stereocenters. The van der Waals surface area contributed by atoms with Crippen molar-refractivity contribution in [3.8, 4) is 17.2 Å². The molecule has 8 heteroatoms. The van der Waals surface area contributed by atoms with Crippen molar-refractivity contribution >= 4 is 11.8 Å². The van der Waals surface area contributed by atoms with Gasteiger partial charge in [0.05, 0.1) is 46.2 Å². The van der Waals surface area contributed by atoms with E-state index in [4.69, 9.17) is 23.4 Å². The average molecular weight is 453 g/mol. The molecule has 2 heterocycles. The summed E-state index contributed by atoms with van der Waals surface area (Å²) in [6, 6.07) is 7.14.